The molecule has 0 aromatic heterocycles. The second-order valence-corrected chi connectivity index (χ2v) is 4.61. The second-order valence-electron chi connectivity index (χ2n) is 4.61. The molecular weight excluding hydrogens is 192 g/mol. The van der Waals surface area contributed by atoms with E-state index in [9.17, 15) is 5.11 Å². The first-order valence-electron chi connectivity index (χ1n) is 5.59. The van der Waals surface area contributed by atoms with E-state index in [0.717, 1.165) is 6.54 Å². The molecule has 0 radical (unpaired) electrons. The summed E-state index contributed by atoms with van der Waals surface area (Å²) in [5, 5.41) is 12.8. The number of likely N-dealkylation sites (N-methyl/N-ethyl adjacent to an activating group) is 1. The Morgan fingerprint density at radius 1 is 1.27 bits per heavy atom. The Labute approximate surface area is 93.6 Å². The van der Waals surface area contributed by atoms with Crippen molar-refractivity contribution in [2.75, 3.05) is 33.8 Å². The van der Waals surface area contributed by atoms with Gasteiger partial charge < -0.3 is 20.1 Å². The third-order valence-corrected chi connectivity index (χ3v) is 1.96. The molecule has 0 rings (SSSR count). The van der Waals surface area contributed by atoms with Gasteiger partial charge in [-0.05, 0) is 34.9 Å². The Kier molecular flexibility index (Phi) is 7.96. The van der Waals surface area contributed by atoms with Crippen LogP contribution in [0.3, 0.4) is 0 Å². The molecule has 15 heavy (non-hydrogen) atoms. The summed E-state index contributed by atoms with van der Waals surface area (Å²) >= 11 is 0. The molecule has 4 heteroatoms. The summed E-state index contributed by atoms with van der Waals surface area (Å²) in [7, 11) is 4.08. The molecule has 0 spiro atoms. The lowest BCUT2D eigenvalue weighted by Gasteiger charge is -2.20. The van der Waals surface area contributed by atoms with Gasteiger partial charge in [0.05, 0.1) is 18.8 Å². The number of ether oxygens (including phenoxy) is 1. The fraction of sp³-hybridized carbons (Fsp3) is 1.00. The maximum absolute atomic E-state index is 9.58. The van der Waals surface area contributed by atoms with Gasteiger partial charge in [0, 0.05) is 19.1 Å². The van der Waals surface area contributed by atoms with E-state index in [1.807, 2.05) is 27.9 Å². The number of aliphatic hydroxyl groups is 1. The molecular formula is C11H26N2O2. The number of aliphatic hydroxyl groups excluding tert-OH is 1. The summed E-state index contributed by atoms with van der Waals surface area (Å²) in [5.74, 6) is 0. The fourth-order valence-corrected chi connectivity index (χ4v) is 1.31. The van der Waals surface area contributed by atoms with Gasteiger partial charge in [-0.25, -0.2) is 0 Å². The SMILES string of the molecule is CC(CN(C)C)NCC(O)COC(C)C. The lowest BCUT2D eigenvalue weighted by molar-refractivity contribution is 0.00540. The normalized spacial score (nSPS) is 16.0. The van der Waals surface area contributed by atoms with Crippen LogP contribution in [0.25, 0.3) is 0 Å². The molecule has 2 N–H and O–H groups in total. The molecule has 4 nitrogen and oxygen atoms in total. The summed E-state index contributed by atoms with van der Waals surface area (Å²) in [5.41, 5.74) is 0. The van der Waals surface area contributed by atoms with E-state index in [1.165, 1.54) is 0 Å². The molecule has 0 amide bonds. The topological polar surface area (TPSA) is 44.7 Å². The molecule has 0 saturated carbocycles. The van der Waals surface area contributed by atoms with Crippen LogP contribution >= 0.6 is 0 Å². The zero-order valence-corrected chi connectivity index (χ0v) is 10.7. The van der Waals surface area contributed by atoms with Gasteiger partial charge in [-0.2, -0.15) is 0 Å². The number of hydrogen-bond acceptors (Lipinski definition) is 4. The third kappa shape index (κ3) is 10.1. The molecule has 0 fully saturated rings. The maximum atomic E-state index is 9.58. The molecule has 0 saturated heterocycles. The maximum Gasteiger partial charge on any atom is 0.0897 e. The molecule has 0 heterocycles. The molecule has 0 aromatic rings. The monoisotopic (exact) mass is 218 g/mol. The van der Waals surface area contributed by atoms with E-state index >= 15 is 0 Å². The van der Waals surface area contributed by atoms with E-state index in [-0.39, 0.29) is 6.10 Å². The number of nitrogens with zero attached hydrogens (tertiary/aromatic N) is 1. The van der Waals surface area contributed by atoms with Crippen molar-refractivity contribution < 1.29 is 9.84 Å². The lowest BCUT2D eigenvalue weighted by atomic mass is 10.3. The zero-order valence-electron chi connectivity index (χ0n) is 10.7. The molecule has 2 atom stereocenters. The minimum atomic E-state index is -0.419. The van der Waals surface area contributed by atoms with Crippen molar-refractivity contribution in [2.45, 2.75) is 39.0 Å². The Balaban J connectivity index is 3.48. The first-order chi connectivity index (χ1) is 6.91. The van der Waals surface area contributed by atoms with Crippen LogP contribution in [-0.4, -0.2) is 62.0 Å². The van der Waals surface area contributed by atoms with Crippen LogP contribution in [0.4, 0.5) is 0 Å². The van der Waals surface area contributed by atoms with Gasteiger partial charge in [0.1, 0.15) is 0 Å². The first kappa shape index (κ1) is 14.8. The van der Waals surface area contributed by atoms with Crippen LogP contribution in [0.1, 0.15) is 20.8 Å². The van der Waals surface area contributed by atoms with E-state index in [4.69, 9.17) is 4.74 Å². The molecule has 92 valence electrons. The van der Waals surface area contributed by atoms with Crippen molar-refractivity contribution in [1.29, 1.82) is 0 Å². The summed E-state index contributed by atoms with van der Waals surface area (Å²) in [4.78, 5) is 2.12. The van der Waals surface area contributed by atoms with Crippen LogP contribution in [0, 0.1) is 0 Å². The Hall–Kier alpha value is -0.160. The van der Waals surface area contributed by atoms with Crippen LogP contribution < -0.4 is 5.32 Å². The van der Waals surface area contributed by atoms with Crippen LogP contribution in [0.15, 0.2) is 0 Å². The minimum absolute atomic E-state index is 0.179. The summed E-state index contributed by atoms with van der Waals surface area (Å²) in [6.07, 6.45) is -0.240. The van der Waals surface area contributed by atoms with Gasteiger partial charge >= 0.3 is 0 Å². The van der Waals surface area contributed by atoms with E-state index in [0.29, 0.717) is 19.2 Å². The Morgan fingerprint density at radius 2 is 1.87 bits per heavy atom. The van der Waals surface area contributed by atoms with Gasteiger partial charge in [0.15, 0.2) is 0 Å². The largest absolute Gasteiger partial charge is 0.389 e. The molecule has 0 aliphatic heterocycles. The lowest BCUT2D eigenvalue weighted by Crippen LogP contribution is -2.41. The van der Waals surface area contributed by atoms with Crippen LogP contribution in [0.2, 0.25) is 0 Å². The third-order valence-electron chi connectivity index (χ3n) is 1.96. The quantitative estimate of drug-likeness (QED) is 0.615. The van der Waals surface area contributed by atoms with Crippen molar-refractivity contribution >= 4 is 0 Å². The smallest absolute Gasteiger partial charge is 0.0897 e. The highest BCUT2D eigenvalue weighted by atomic mass is 16.5. The molecule has 0 bridgehead atoms. The molecule has 0 aromatic carbocycles. The minimum Gasteiger partial charge on any atom is -0.389 e. The number of rotatable bonds is 8. The zero-order chi connectivity index (χ0) is 11.8. The molecule has 2 unspecified atom stereocenters. The second kappa shape index (κ2) is 8.05. The highest BCUT2D eigenvalue weighted by molar-refractivity contribution is 4.67. The first-order valence-corrected chi connectivity index (χ1v) is 5.59. The van der Waals surface area contributed by atoms with Crippen molar-refractivity contribution in [2.24, 2.45) is 0 Å². The van der Waals surface area contributed by atoms with Gasteiger partial charge in [-0.1, -0.05) is 0 Å². The Morgan fingerprint density at radius 3 is 2.33 bits per heavy atom. The average Bonchev–Trinajstić information content (AvgIpc) is 2.10. The van der Waals surface area contributed by atoms with Crippen molar-refractivity contribution in [3.63, 3.8) is 0 Å². The average molecular weight is 218 g/mol. The predicted molar refractivity (Wildman–Crippen MR) is 63.1 cm³/mol. The number of hydrogen-bond donors (Lipinski definition) is 2. The van der Waals surface area contributed by atoms with Crippen LogP contribution in [0.5, 0.6) is 0 Å². The van der Waals surface area contributed by atoms with Gasteiger partial charge in [-0.15, -0.1) is 0 Å². The number of nitrogens with one attached hydrogen (secondary N) is 1. The van der Waals surface area contributed by atoms with Crippen molar-refractivity contribution in [1.82, 2.24) is 10.2 Å². The van der Waals surface area contributed by atoms with E-state index in [1.54, 1.807) is 0 Å². The molecule has 0 aliphatic rings. The van der Waals surface area contributed by atoms with Crippen LogP contribution in [-0.2, 0) is 4.74 Å². The van der Waals surface area contributed by atoms with Crippen molar-refractivity contribution in [3.05, 3.63) is 0 Å². The molecule has 0 aliphatic carbocycles. The van der Waals surface area contributed by atoms with E-state index < -0.39 is 6.10 Å². The van der Waals surface area contributed by atoms with E-state index in [2.05, 4.69) is 17.1 Å². The highest BCUT2D eigenvalue weighted by Gasteiger charge is 2.08. The standard InChI is InChI=1S/C11H26N2O2/c1-9(2)15-8-11(14)6-12-10(3)7-13(4)5/h9-12,14H,6-8H2,1-5H3. The fourth-order valence-electron chi connectivity index (χ4n) is 1.31. The van der Waals surface area contributed by atoms with Gasteiger partial charge in [0.25, 0.3) is 0 Å². The Bertz CT molecular complexity index is 152. The highest BCUT2D eigenvalue weighted by Crippen LogP contribution is 1.92. The predicted octanol–water partition coefficient (Wildman–Crippen LogP) is 0.312. The van der Waals surface area contributed by atoms with Crippen molar-refractivity contribution in [3.8, 4) is 0 Å². The summed E-state index contributed by atoms with van der Waals surface area (Å²) in [6, 6.07) is 0.383. The van der Waals surface area contributed by atoms with Gasteiger partial charge in [0.2, 0.25) is 0 Å². The van der Waals surface area contributed by atoms with Gasteiger partial charge in [-0.3, -0.25) is 0 Å². The summed E-state index contributed by atoms with van der Waals surface area (Å²) in [6.45, 7) is 8.00. The summed E-state index contributed by atoms with van der Waals surface area (Å²) < 4.78 is 5.32.